The van der Waals surface area contributed by atoms with Crippen molar-refractivity contribution in [2.75, 3.05) is 13.6 Å². The lowest BCUT2D eigenvalue weighted by Crippen LogP contribution is -2.56. The Kier molecular flexibility index (Phi) is 7.31. The molecule has 3 fully saturated rings. The number of carbonyl (C=O) groups excluding carboxylic acids is 1. The summed E-state index contributed by atoms with van der Waals surface area (Å²) in [7, 11) is 1.76. The first-order chi connectivity index (χ1) is 15.1. The number of rotatable bonds is 9. The van der Waals surface area contributed by atoms with Crippen LogP contribution in [0, 0.1) is 17.2 Å². The average Bonchev–Trinajstić information content (AvgIpc) is 3.40. The zero-order chi connectivity index (χ0) is 21.7. The van der Waals surface area contributed by atoms with Crippen molar-refractivity contribution >= 4 is 11.9 Å². The van der Waals surface area contributed by atoms with Crippen molar-refractivity contribution in [1.29, 1.82) is 5.41 Å². The molecule has 0 unspecified atom stereocenters. The minimum Gasteiger partial charge on any atom is -0.341 e. The summed E-state index contributed by atoms with van der Waals surface area (Å²) in [6.07, 6.45) is 19.9. The molecule has 3 N–H and O–H groups in total. The predicted octanol–water partition coefficient (Wildman–Crippen LogP) is 3.52. The largest absolute Gasteiger partial charge is 0.341 e. The highest BCUT2D eigenvalue weighted by atomic mass is 16.2. The van der Waals surface area contributed by atoms with Crippen LogP contribution in [-0.2, 0) is 11.3 Å². The Labute approximate surface area is 186 Å². The van der Waals surface area contributed by atoms with Crippen LogP contribution in [0.25, 0.3) is 0 Å². The molecule has 0 bridgehead atoms. The van der Waals surface area contributed by atoms with E-state index < -0.39 is 5.54 Å². The van der Waals surface area contributed by atoms with Crippen molar-refractivity contribution in [3.05, 3.63) is 18.7 Å². The molecule has 1 aromatic rings. The quantitative estimate of drug-likeness (QED) is 0.525. The van der Waals surface area contributed by atoms with Crippen molar-refractivity contribution in [2.45, 2.75) is 95.2 Å². The van der Waals surface area contributed by atoms with Gasteiger partial charge in [-0.05, 0) is 56.9 Å². The van der Waals surface area contributed by atoms with E-state index in [2.05, 4.69) is 20.2 Å². The maximum absolute atomic E-state index is 13.4. The molecule has 1 aliphatic heterocycles. The molecule has 1 amide bonds. The lowest BCUT2D eigenvalue weighted by atomic mass is 9.69. The average molecular weight is 429 g/mol. The number of guanidine groups is 1. The van der Waals surface area contributed by atoms with Gasteiger partial charge in [0.25, 0.3) is 5.91 Å². The number of hydrogen-bond donors (Lipinski definition) is 3. The van der Waals surface area contributed by atoms with Crippen molar-refractivity contribution in [1.82, 2.24) is 25.1 Å². The molecule has 2 heterocycles. The number of hydrogen-bond acceptors (Lipinski definition) is 4. The molecule has 1 saturated heterocycles. The third-order valence-electron chi connectivity index (χ3n) is 7.99. The second-order valence-corrected chi connectivity index (χ2v) is 10.0. The van der Waals surface area contributed by atoms with Gasteiger partial charge in [-0.25, -0.2) is 4.98 Å². The van der Waals surface area contributed by atoms with E-state index >= 15 is 0 Å². The van der Waals surface area contributed by atoms with E-state index in [1.54, 1.807) is 11.9 Å². The van der Waals surface area contributed by atoms with E-state index in [4.69, 9.17) is 5.41 Å². The summed E-state index contributed by atoms with van der Waals surface area (Å²) in [5.74, 6) is 1.46. The van der Waals surface area contributed by atoms with Crippen molar-refractivity contribution in [3.8, 4) is 0 Å². The standard InChI is InChI=1S/C24H40N6O/c1-29-22(31)24(28-23(29)25,12-11-19-7-3-2-4-8-19)20-9-5-10-21(17-20)27-13-6-15-30-16-14-26-18-30/h14,16,18-21,27H,2-13,15,17H2,1H3,(H2,25,28)/t20-,21-,24-/m1/s1. The zero-order valence-corrected chi connectivity index (χ0v) is 19.1. The molecule has 1 aromatic heterocycles. The second-order valence-electron chi connectivity index (χ2n) is 10.0. The number of aryl methyl sites for hydroxylation is 1. The minimum absolute atomic E-state index is 0.124. The van der Waals surface area contributed by atoms with Crippen LogP contribution < -0.4 is 10.6 Å². The van der Waals surface area contributed by atoms with Gasteiger partial charge in [-0.2, -0.15) is 0 Å². The van der Waals surface area contributed by atoms with Gasteiger partial charge in [0.2, 0.25) is 0 Å². The first-order valence-corrected chi connectivity index (χ1v) is 12.4. The third-order valence-corrected chi connectivity index (χ3v) is 7.99. The molecular formula is C24H40N6O. The number of carbonyl (C=O) groups is 1. The monoisotopic (exact) mass is 428 g/mol. The number of amides is 1. The van der Waals surface area contributed by atoms with Crippen molar-refractivity contribution < 1.29 is 4.79 Å². The number of nitrogens with zero attached hydrogens (tertiary/aromatic N) is 3. The second kappa shape index (κ2) is 10.2. The Balaban J connectivity index is 1.36. The van der Waals surface area contributed by atoms with Gasteiger partial charge in [0, 0.05) is 32.0 Å². The summed E-state index contributed by atoms with van der Waals surface area (Å²) < 4.78 is 2.12. The molecule has 31 heavy (non-hydrogen) atoms. The van der Waals surface area contributed by atoms with Gasteiger partial charge in [-0.3, -0.25) is 15.1 Å². The maximum atomic E-state index is 13.4. The highest BCUT2D eigenvalue weighted by Gasteiger charge is 2.53. The van der Waals surface area contributed by atoms with Crippen LogP contribution in [0.1, 0.15) is 77.0 Å². The molecule has 3 aliphatic rings. The van der Waals surface area contributed by atoms with E-state index in [9.17, 15) is 4.79 Å². The highest BCUT2D eigenvalue weighted by Crippen LogP contribution is 2.41. The van der Waals surface area contributed by atoms with Gasteiger partial charge in [-0.15, -0.1) is 0 Å². The molecule has 2 aliphatic carbocycles. The molecular weight excluding hydrogens is 388 g/mol. The molecule has 172 valence electrons. The fraction of sp³-hybridized carbons (Fsp3) is 0.792. The highest BCUT2D eigenvalue weighted by molar-refractivity contribution is 6.07. The molecule has 7 nitrogen and oxygen atoms in total. The van der Waals surface area contributed by atoms with Crippen molar-refractivity contribution in [2.24, 2.45) is 11.8 Å². The Morgan fingerprint density at radius 3 is 2.77 bits per heavy atom. The molecule has 3 atom stereocenters. The minimum atomic E-state index is -0.569. The predicted molar refractivity (Wildman–Crippen MR) is 123 cm³/mol. The van der Waals surface area contributed by atoms with Crippen LogP contribution >= 0.6 is 0 Å². The van der Waals surface area contributed by atoms with Crippen molar-refractivity contribution in [3.63, 3.8) is 0 Å². The molecule has 0 aromatic carbocycles. The van der Waals surface area contributed by atoms with E-state index in [1.807, 2.05) is 18.7 Å². The Hall–Kier alpha value is -1.89. The lowest BCUT2D eigenvalue weighted by Gasteiger charge is -2.41. The smallest absolute Gasteiger partial charge is 0.255 e. The first-order valence-electron chi connectivity index (χ1n) is 12.4. The van der Waals surface area contributed by atoms with Crippen LogP contribution in [0.5, 0.6) is 0 Å². The molecule has 0 radical (unpaired) electrons. The SMILES string of the molecule is CN1C(=N)N[C@](CCC2CCCCC2)([C@@H]2CCC[C@@H](NCCCn3ccnc3)C2)C1=O. The lowest BCUT2D eigenvalue weighted by molar-refractivity contribution is -0.133. The fourth-order valence-electron chi connectivity index (χ4n) is 6.12. The summed E-state index contributed by atoms with van der Waals surface area (Å²) in [6.45, 7) is 1.97. The van der Waals surface area contributed by atoms with Gasteiger partial charge in [-0.1, -0.05) is 38.5 Å². The van der Waals surface area contributed by atoms with Gasteiger partial charge in [0.1, 0.15) is 5.54 Å². The van der Waals surface area contributed by atoms with Crippen LogP contribution in [0.3, 0.4) is 0 Å². The first kappa shape index (κ1) is 22.3. The van der Waals surface area contributed by atoms with Crippen LogP contribution in [0.4, 0.5) is 0 Å². The van der Waals surface area contributed by atoms with Crippen LogP contribution in [0.2, 0.25) is 0 Å². The van der Waals surface area contributed by atoms with E-state index in [1.165, 1.54) is 38.5 Å². The van der Waals surface area contributed by atoms with Gasteiger partial charge >= 0.3 is 0 Å². The fourth-order valence-corrected chi connectivity index (χ4v) is 6.12. The van der Waals surface area contributed by atoms with Gasteiger partial charge in [0.15, 0.2) is 5.96 Å². The third kappa shape index (κ3) is 5.13. The van der Waals surface area contributed by atoms with E-state index in [0.717, 1.165) is 57.5 Å². The molecule has 4 rings (SSSR count). The van der Waals surface area contributed by atoms with Crippen LogP contribution in [-0.4, -0.2) is 51.5 Å². The molecule has 2 saturated carbocycles. The maximum Gasteiger partial charge on any atom is 0.255 e. The molecule has 7 heteroatoms. The normalized spacial score (nSPS) is 30.0. The molecule has 0 spiro atoms. The number of aromatic nitrogens is 2. The van der Waals surface area contributed by atoms with E-state index in [-0.39, 0.29) is 11.9 Å². The summed E-state index contributed by atoms with van der Waals surface area (Å²) in [5, 5.41) is 15.5. The summed E-state index contributed by atoms with van der Waals surface area (Å²) in [5.41, 5.74) is -0.569. The zero-order valence-electron chi connectivity index (χ0n) is 19.1. The Morgan fingerprint density at radius 1 is 1.23 bits per heavy atom. The Bertz CT molecular complexity index is 728. The van der Waals surface area contributed by atoms with Gasteiger partial charge < -0.3 is 15.2 Å². The van der Waals surface area contributed by atoms with Gasteiger partial charge in [0.05, 0.1) is 6.33 Å². The number of likely N-dealkylation sites (N-methyl/N-ethyl adjacent to an activating group) is 1. The summed E-state index contributed by atoms with van der Waals surface area (Å²) in [4.78, 5) is 19.1. The number of nitrogens with one attached hydrogen (secondary N) is 3. The Morgan fingerprint density at radius 2 is 2.06 bits per heavy atom. The topological polar surface area (TPSA) is 86.0 Å². The summed E-state index contributed by atoms with van der Waals surface area (Å²) >= 11 is 0. The summed E-state index contributed by atoms with van der Waals surface area (Å²) in [6, 6.07) is 0.461. The van der Waals surface area contributed by atoms with E-state index in [0.29, 0.717) is 12.0 Å². The van der Waals surface area contributed by atoms with Crippen LogP contribution in [0.15, 0.2) is 18.7 Å². The number of imidazole rings is 1.